The molecule has 0 unspecified atom stereocenters. The molecule has 2 aliphatic heterocycles. The predicted molar refractivity (Wildman–Crippen MR) is 100 cm³/mol. The van der Waals surface area contributed by atoms with Crippen LogP contribution in [0.3, 0.4) is 0 Å². The van der Waals surface area contributed by atoms with Crippen molar-refractivity contribution in [1.82, 2.24) is 14.7 Å². The van der Waals surface area contributed by atoms with Gasteiger partial charge in [0.15, 0.2) is 0 Å². The van der Waals surface area contributed by atoms with Crippen LogP contribution >= 0.6 is 0 Å². The largest absolute Gasteiger partial charge is 0.339 e. The summed E-state index contributed by atoms with van der Waals surface area (Å²) in [4.78, 5) is 43.0. The van der Waals surface area contributed by atoms with Crippen LogP contribution in [0.25, 0.3) is 0 Å². The number of benzene rings is 1. The number of rotatable bonds is 4. The summed E-state index contributed by atoms with van der Waals surface area (Å²) < 4.78 is 0. The van der Waals surface area contributed by atoms with E-state index in [0.717, 1.165) is 19.6 Å². The second kappa shape index (κ2) is 7.64. The molecule has 4 rings (SSSR count). The summed E-state index contributed by atoms with van der Waals surface area (Å²) in [6.07, 6.45) is 5.14. The molecule has 0 bridgehead atoms. The van der Waals surface area contributed by atoms with Crippen LogP contribution in [0.5, 0.6) is 0 Å². The lowest BCUT2D eigenvalue weighted by atomic mass is 9.85. The van der Waals surface area contributed by atoms with E-state index in [9.17, 15) is 14.4 Å². The molecular formula is C21H25N3O3. The second-order valence-corrected chi connectivity index (χ2v) is 7.56. The number of imide groups is 1. The Kier molecular flexibility index (Phi) is 5.07. The van der Waals surface area contributed by atoms with Crippen molar-refractivity contribution in [2.45, 2.75) is 19.4 Å². The average Bonchev–Trinajstić information content (AvgIpc) is 2.94. The normalized spacial score (nSPS) is 25.8. The number of fused-ring (bicyclic) bond motifs is 1. The lowest BCUT2D eigenvalue weighted by Crippen LogP contribution is -2.51. The molecule has 0 aromatic heterocycles. The Balaban J connectivity index is 1.30. The van der Waals surface area contributed by atoms with Crippen molar-refractivity contribution in [2.24, 2.45) is 11.8 Å². The molecule has 6 heteroatoms. The van der Waals surface area contributed by atoms with E-state index >= 15 is 0 Å². The number of carbonyl (C=O) groups excluding carboxylic acids is 3. The predicted octanol–water partition coefficient (Wildman–Crippen LogP) is 1.28. The molecule has 27 heavy (non-hydrogen) atoms. The summed E-state index contributed by atoms with van der Waals surface area (Å²) in [5, 5.41) is 0. The lowest BCUT2D eigenvalue weighted by Gasteiger charge is -2.35. The monoisotopic (exact) mass is 367 g/mol. The smallest absolute Gasteiger partial charge is 0.242 e. The van der Waals surface area contributed by atoms with E-state index in [4.69, 9.17) is 0 Å². The van der Waals surface area contributed by atoms with Gasteiger partial charge in [-0.3, -0.25) is 24.2 Å². The van der Waals surface area contributed by atoms with Crippen molar-refractivity contribution in [3.8, 4) is 0 Å². The fourth-order valence-electron chi connectivity index (χ4n) is 4.26. The number of likely N-dealkylation sites (tertiary alicyclic amines) is 1. The number of carbonyl (C=O) groups is 3. The molecule has 0 saturated carbocycles. The Labute approximate surface area is 159 Å². The molecule has 0 radical (unpaired) electrons. The van der Waals surface area contributed by atoms with Gasteiger partial charge in [0, 0.05) is 32.7 Å². The van der Waals surface area contributed by atoms with Crippen LogP contribution in [0.2, 0.25) is 0 Å². The first kappa shape index (κ1) is 17.9. The topological polar surface area (TPSA) is 60.9 Å². The third kappa shape index (κ3) is 3.67. The summed E-state index contributed by atoms with van der Waals surface area (Å²) in [5.41, 5.74) is 1.27. The highest BCUT2D eigenvalue weighted by molar-refractivity contribution is 6.07. The number of piperazine rings is 1. The van der Waals surface area contributed by atoms with Gasteiger partial charge >= 0.3 is 0 Å². The SMILES string of the molecule is O=C(CN1C(=O)[C@H]2CC=CC[C@H]2C1=O)N1CCN(Cc2ccccc2)CC1. The molecule has 2 fully saturated rings. The van der Waals surface area contributed by atoms with Gasteiger partial charge in [-0.25, -0.2) is 0 Å². The van der Waals surface area contributed by atoms with Gasteiger partial charge in [0.2, 0.25) is 17.7 Å². The summed E-state index contributed by atoms with van der Waals surface area (Å²) in [7, 11) is 0. The van der Waals surface area contributed by atoms with Crippen LogP contribution < -0.4 is 0 Å². The van der Waals surface area contributed by atoms with E-state index in [1.165, 1.54) is 10.5 Å². The van der Waals surface area contributed by atoms with Gasteiger partial charge in [-0.2, -0.15) is 0 Å². The Morgan fingerprint density at radius 2 is 1.48 bits per heavy atom. The summed E-state index contributed by atoms with van der Waals surface area (Å²) in [6.45, 7) is 3.65. The van der Waals surface area contributed by atoms with Gasteiger partial charge in [-0.1, -0.05) is 42.5 Å². The van der Waals surface area contributed by atoms with Crippen molar-refractivity contribution in [2.75, 3.05) is 32.7 Å². The number of nitrogens with zero attached hydrogens (tertiary/aromatic N) is 3. The summed E-state index contributed by atoms with van der Waals surface area (Å²) in [6, 6.07) is 10.3. The molecule has 6 nitrogen and oxygen atoms in total. The maximum atomic E-state index is 12.7. The second-order valence-electron chi connectivity index (χ2n) is 7.56. The van der Waals surface area contributed by atoms with Crippen LogP contribution in [0, 0.1) is 11.8 Å². The van der Waals surface area contributed by atoms with E-state index in [1.807, 2.05) is 30.4 Å². The highest BCUT2D eigenvalue weighted by Gasteiger charge is 2.47. The maximum Gasteiger partial charge on any atom is 0.242 e. The molecular weight excluding hydrogens is 342 g/mol. The Hall–Kier alpha value is -2.47. The number of hydrogen-bond acceptors (Lipinski definition) is 4. The van der Waals surface area contributed by atoms with Gasteiger partial charge < -0.3 is 4.90 Å². The first-order chi connectivity index (χ1) is 13.1. The third-order valence-corrected chi connectivity index (χ3v) is 5.87. The van der Waals surface area contributed by atoms with E-state index < -0.39 is 0 Å². The van der Waals surface area contributed by atoms with Gasteiger partial charge in [0.1, 0.15) is 6.54 Å². The van der Waals surface area contributed by atoms with E-state index in [-0.39, 0.29) is 36.1 Å². The highest BCUT2D eigenvalue weighted by atomic mass is 16.2. The quantitative estimate of drug-likeness (QED) is 0.594. The zero-order valence-corrected chi connectivity index (χ0v) is 15.4. The minimum atomic E-state index is -0.266. The number of amides is 3. The first-order valence-corrected chi connectivity index (χ1v) is 9.68. The minimum Gasteiger partial charge on any atom is -0.339 e. The molecule has 2 heterocycles. The molecule has 142 valence electrons. The van der Waals surface area contributed by atoms with E-state index in [0.29, 0.717) is 25.9 Å². The lowest BCUT2D eigenvalue weighted by molar-refractivity contribution is -0.147. The van der Waals surface area contributed by atoms with E-state index in [1.54, 1.807) is 4.90 Å². The molecule has 2 atom stereocenters. The summed E-state index contributed by atoms with van der Waals surface area (Å²) in [5.74, 6) is -1.01. The van der Waals surface area contributed by atoms with Crippen molar-refractivity contribution in [3.05, 3.63) is 48.0 Å². The molecule has 0 spiro atoms. The zero-order valence-electron chi connectivity index (χ0n) is 15.4. The Bertz CT molecular complexity index is 727. The van der Waals surface area contributed by atoms with Crippen molar-refractivity contribution >= 4 is 17.7 Å². The molecule has 2 saturated heterocycles. The standard InChI is InChI=1S/C21H25N3O3/c25-19(15-24-20(26)17-8-4-5-9-18(17)21(24)27)23-12-10-22(11-13-23)14-16-6-2-1-3-7-16/h1-7,17-18H,8-15H2/t17-,18+. The van der Waals surface area contributed by atoms with Crippen LogP contribution in [0.1, 0.15) is 18.4 Å². The van der Waals surface area contributed by atoms with Crippen LogP contribution in [0.15, 0.2) is 42.5 Å². The molecule has 3 amide bonds. The van der Waals surface area contributed by atoms with Crippen molar-refractivity contribution in [1.29, 1.82) is 0 Å². The third-order valence-electron chi connectivity index (χ3n) is 5.87. The van der Waals surface area contributed by atoms with Gasteiger partial charge in [0.05, 0.1) is 11.8 Å². The Morgan fingerprint density at radius 1 is 0.889 bits per heavy atom. The number of allylic oxidation sites excluding steroid dienone is 2. The highest BCUT2D eigenvalue weighted by Crippen LogP contribution is 2.34. The molecule has 3 aliphatic rings. The maximum absolute atomic E-state index is 12.7. The summed E-state index contributed by atoms with van der Waals surface area (Å²) >= 11 is 0. The first-order valence-electron chi connectivity index (χ1n) is 9.68. The van der Waals surface area contributed by atoms with E-state index in [2.05, 4.69) is 17.0 Å². The fourth-order valence-corrected chi connectivity index (χ4v) is 4.26. The Morgan fingerprint density at radius 3 is 2.07 bits per heavy atom. The fraction of sp³-hybridized carbons (Fsp3) is 0.476. The number of hydrogen-bond donors (Lipinski definition) is 0. The molecule has 1 aromatic rings. The van der Waals surface area contributed by atoms with Crippen LogP contribution in [-0.4, -0.2) is 65.1 Å². The van der Waals surface area contributed by atoms with Gasteiger partial charge in [-0.05, 0) is 18.4 Å². The molecule has 1 aliphatic carbocycles. The minimum absolute atomic E-state index is 0.108. The van der Waals surface area contributed by atoms with Crippen LogP contribution in [0.4, 0.5) is 0 Å². The van der Waals surface area contributed by atoms with Crippen molar-refractivity contribution < 1.29 is 14.4 Å². The zero-order chi connectivity index (χ0) is 18.8. The average molecular weight is 367 g/mol. The molecule has 1 aromatic carbocycles. The molecule has 0 N–H and O–H groups in total. The van der Waals surface area contributed by atoms with Gasteiger partial charge in [-0.15, -0.1) is 0 Å². The van der Waals surface area contributed by atoms with Crippen LogP contribution in [-0.2, 0) is 20.9 Å². The van der Waals surface area contributed by atoms with Crippen molar-refractivity contribution in [3.63, 3.8) is 0 Å². The van der Waals surface area contributed by atoms with Gasteiger partial charge in [0.25, 0.3) is 0 Å².